The topological polar surface area (TPSA) is 3.24 Å². The van der Waals surface area contributed by atoms with Crippen LogP contribution >= 0.6 is 0 Å². The van der Waals surface area contributed by atoms with E-state index < -0.39 is 0 Å². The minimum atomic E-state index is 0.691. The van der Waals surface area contributed by atoms with E-state index in [9.17, 15) is 0 Å². The van der Waals surface area contributed by atoms with E-state index in [-0.39, 0.29) is 0 Å². The van der Waals surface area contributed by atoms with Gasteiger partial charge in [-0.15, -0.1) is 0 Å². The Labute approximate surface area is 108 Å². The second-order valence-corrected chi connectivity index (χ2v) is 6.72. The second-order valence-electron chi connectivity index (χ2n) is 6.72. The van der Waals surface area contributed by atoms with Gasteiger partial charge in [0.2, 0.25) is 0 Å². The van der Waals surface area contributed by atoms with E-state index in [0.717, 1.165) is 29.6 Å². The SMILES string of the molecule is CN1C[C@@H]2c3ccccc3[C@H]1[C@@H]1[C@H]2[C@@H]2C=C[C@H]1C2. The number of piperidine rings is 1. The van der Waals surface area contributed by atoms with Crippen molar-refractivity contribution in [3.05, 3.63) is 47.5 Å². The molecule has 1 saturated heterocycles. The van der Waals surface area contributed by atoms with E-state index in [0.29, 0.717) is 6.04 Å². The Bertz CT molecular complexity index is 546. The minimum absolute atomic E-state index is 0.691. The summed E-state index contributed by atoms with van der Waals surface area (Å²) in [7, 11) is 2.33. The van der Waals surface area contributed by atoms with Gasteiger partial charge in [-0.3, -0.25) is 4.90 Å². The lowest BCUT2D eigenvalue weighted by Gasteiger charge is -2.55. The summed E-state index contributed by atoms with van der Waals surface area (Å²) < 4.78 is 0. The van der Waals surface area contributed by atoms with Crippen molar-refractivity contribution in [2.75, 3.05) is 13.6 Å². The van der Waals surface area contributed by atoms with Crippen LogP contribution in [0.5, 0.6) is 0 Å². The summed E-state index contributed by atoms with van der Waals surface area (Å²) in [4.78, 5) is 2.63. The lowest BCUT2D eigenvalue weighted by molar-refractivity contribution is 0.0226. The van der Waals surface area contributed by atoms with Gasteiger partial charge in [-0.1, -0.05) is 36.4 Å². The van der Waals surface area contributed by atoms with Crippen LogP contribution in [-0.2, 0) is 0 Å². The molecule has 0 aromatic heterocycles. The Morgan fingerprint density at radius 3 is 2.56 bits per heavy atom. The van der Waals surface area contributed by atoms with Crippen LogP contribution in [-0.4, -0.2) is 18.5 Å². The highest BCUT2D eigenvalue weighted by Gasteiger charge is 2.58. The molecule has 2 aliphatic heterocycles. The molecular formula is C17H19N. The van der Waals surface area contributed by atoms with Crippen LogP contribution in [0.1, 0.15) is 29.5 Å². The van der Waals surface area contributed by atoms with Crippen molar-refractivity contribution in [2.45, 2.75) is 18.4 Å². The number of benzene rings is 1. The van der Waals surface area contributed by atoms with Crippen LogP contribution in [0.3, 0.4) is 0 Å². The molecule has 4 bridgehead atoms. The number of fused-ring (bicyclic) bond motifs is 3. The van der Waals surface area contributed by atoms with E-state index in [4.69, 9.17) is 0 Å². The van der Waals surface area contributed by atoms with Gasteiger partial charge in [0.25, 0.3) is 0 Å². The monoisotopic (exact) mass is 237 g/mol. The molecule has 0 N–H and O–H groups in total. The maximum atomic E-state index is 2.63. The van der Waals surface area contributed by atoms with E-state index in [1.54, 1.807) is 11.1 Å². The highest BCUT2D eigenvalue weighted by Crippen LogP contribution is 2.64. The maximum Gasteiger partial charge on any atom is 0.0385 e. The van der Waals surface area contributed by atoms with Crippen LogP contribution in [0.2, 0.25) is 0 Å². The number of likely N-dealkylation sites (N-methyl/N-ethyl adjacent to an activating group) is 1. The highest BCUT2D eigenvalue weighted by molar-refractivity contribution is 5.42. The zero-order valence-electron chi connectivity index (χ0n) is 10.8. The molecule has 0 radical (unpaired) electrons. The summed E-state index contributed by atoms with van der Waals surface area (Å²) in [6.07, 6.45) is 6.47. The van der Waals surface area contributed by atoms with E-state index in [1.165, 1.54) is 13.0 Å². The van der Waals surface area contributed by atoms with Crippen LogP contribution in [0.4, 0.5) is 0 Å². The molecular weight excluding hydrogens is 218 g/mol. The summed E-state index contributed by atoms with van der Waals surface area (Å²) in [6, 6.07) is 9.93. The van der Waals surface area contributed by atoms with Crippen LogP contribution in [0.15, 0.2) is 36.4 Å². The summed E-state index contributed by atoms with van der Waals surface area (Å²) in [6.45, 7) is 1.28. The molecule has 3 aliphatic carbocycles. The molecule has 6 rings (SSSR count). The minimum Gasteiger partial charge on any atom is -0.298 e. The molecule has 1 saturated carbocycles. The predicted octanol–water partition coefficient (Wildman–Crippen LogP) is 3.21. The first-order valence-electron chi connectivity index (χ1n) is 7.32. The smallest absolute Gasteiger partial charge is 0.0385 e. The van der Waals surface area contributed by atoms with Gasteiger partial charge in [0.1, 0.15) is 0 Å². The molecule has 0 spiro atoms. The molecule has 92 valence electrons. The number of hydrogen-bond acceptors (Lipinski definition) is 1. The number of nitrogens with zero attached hydrogens (tertiary/aromatic N) is 1. The van der Waals surface area contributed by atoms with Crippen molar-refractivity contribution in [2.24, 2.45) is 23.7 Å². The molecule has 1 aromatic carbocycles. The van der Waals surface area contributed by atoms with Crippen molar-refractivity contribution in [1.29, 1.82) is 0 Å². The van der Waals surface area contributed by atoms with Gasteiger partial charge in [-0.05, 0) is 48.3 Å². The quantitative estimate of drug-likeness (QED) is 0.626. The Hall–Kier alpha value is -1.08. The van der Waals surface area contributed by atoms with Gasteiger partial charge >= 0.3 is 0 Å². The molecule has 18 heavy (non-hydrogen) atoms. The number of hydrogen-bond donors (Lipinski definition) is 0. The van der Waals surface area contributed by atoms with E-state index in [2.05, 4.69) is 48.4 Å². The Morgan fingerprint density at radius 2 is 1.72 bits per heavy atom. The van der Waals surface area contributed by atoms with Crippen LogP contribution in [0.25, 0.3) is 0 Å². The Morgan fingerprint density at radius 1 is 1.00 bits per heavy atom. The van der Waals surface area contributed by atoms with Crippen molar-refractivity contribution in [3.63, 3.8) is 0 Å². The fraction of sp³-hybridized carbons (Fsp3) is 0.529. The Balaban J connectivity index is 1.75. The molecule has 2 fully saturated rings. The zero-order chi connectivity index (χ0) is 11.9. The van der Waals surface area contributed by atoms with Gasteiger partial charge in [-0.25, -0.2) is 0 Å². The Kier molecular flexibility index (Phi) is 1.68. The average Bonchev–Trinajstić information content (AvgIpc) is 3.00. The second kappa shape index (κ2) is 3.08. The van der Waals surface area contributed by atoms with Crippen molar-refractivity contribution in [3.8, 4) is 0 Å². The van der Waals surface area contributed by atoms with Crippen LogP contribution in [0, 0.1) is 23.7 Å². The molecule has 6 atom stereocenters. The third-order valence-electron chi connectivity index (χ3n) is 6.09. The summed E-state index contributed by atoms with van der Waals surface area (Å²) in [5.41, 5.74) is 3.31. The van der Waals surface area contributed by atoms with E-state index in [1.807, 2.05) is 0 Å². The third-order valence-corrected chi connectivity index (χ3v) is 6.09. The molecule has 1 heteroatoms. The zero-order valence-corrected chi connectivity index (χ0v) is 10.8. The lowest BCUT2D eigenvalue weighted by Crippen LogP contribution is -2.51. The van der Waals surface area contributed by atoms with Crippen LogP contribution < -0.4 is 0 Å². The fourth-order valence-corrected chi connectivity index (χ4v) is 5.62. The first kappa shape index (κ1) is 9.80. The molecule has 0 amide bonds. The molecule has 0 unspecified atom stereocenters. The molecule has 2 heterocycles. The normalized spacial score (nSPS) is 47.4. The van der Waals surface area contributed by atoms with Crippen molar-refractivity contribution >= 4 is 0 Å². The van der Waals surface area contributed by atoms with Crippen molar-refractivity contribution in [1.82, 2.24) is 4.90 Å². The number of rotatable bonds is 0. The van der Waals surface area contributed by atoms with Gasteiger partial charge in [0.05, 0.1) is 0 Å². The standard InChI is InChI=1S/C17H19N/c1-18-9-14-12-4-2-3-5-13(12)17(18)16-11-7-6-10(8-11)15(14)16/h2-7,10-11,14-17H,8-9H2,1H3/t10-,11+,14-,15+,16+,17+/m1/s1. The first-order chi connectivity index (χ1) is 8.84. The first-order valence-corrected chi connectivity index (χ1v) is 7.32. The lowest BCUT2D eigenvalue weighted by atomic mass is 9.59. The summed E-state index contributed by atoms with van der Waals surface area (Å²) >= 11 is 0. The van der Waals surface area contributed by atoms with Gasteiger partial charge in [0.15, 0.2) is 0 Å². The molecule has 5 aliphatic rings. The van der Waals surface area contributed by atoms with Gasteiger partial charge in [-0.2, -0.15) is 0 Å². The highest BCUT2D eigenvalue weighted by atomic mass is 15.2. The summed E-state index contributed by atoms with van der Waals surface area (Å²) in [5.74, 6) is 4.38. The van der Waals surface area contributed by atoms with Gasteiger partial charge in [0, 0.05) is 18.5 Å². The van der Waals surface area contributed by atoms with Gasteiger partial charge < -0.3 is 0 Å². The fourth-order valence-electron chi connectivity index (χ4n) is 5.62. The average molecular weight is 237 g/mol. The molecule has 1 nitrogen and oxygen atoms in total. The molecule has 1 aromatic rings. The third kappa shape index (κ3) is 0.958. The summed E-state index contributed by atoms with van der Waals surface area (Å²) in [5, 5.41) is 0. The largest absolute Gasteiger partial charge is 0.298 e. The van der Waals surface area contributed by atoms with E-state index >= 15 is 0 Å². The predicted molar refractivity (Wildman–Crippen MR) is 72.3 cm³/mol. The van der Waals surface area contributed by atoms with Crippen molar-refractivity contribution < 1.29 is 0 Å². The maximum absolute atomic E-state index is 2.63. The number of allylic oxidation sites excluding steroid dienone is 2.